The molecule has 0 fully saturated rings. The van der Waals surface area contributed by atoms with E-state index in [-0.39, 0.29) is 11.8 Å². The minimum absolute atomic E-state index is 0.0360. The maximum atomic E-state index is 12.1. The van der Waals surface area contributed by atoms with Crippen molar-refractivity contribution in [1.82, 2.24) is 19.8 Å². The second-order valence-electron chi connectivity index (χ2n) is 5.50. The van der Waals surface area contributed by atoms with Gasteiger partial charge < -0.3 is 19.9 Å². The fourth-order valence-corrected chi connectivity index (χ4v) is 2.61. The molecule has 0 saturated heterocycles. The van der Waals surface area contributed by atoms with E-state index in [2.05, 4.69) is 16.4 Å². The summed E-state index contributed by atoms with van der Waals surface area (Å²) < 4.78 is 1.93. The molecule has 2 heterocycles. The quantitative estimate of drug-likeness (QED) is 0.908. The summed E-state index contributed by atoms with van der Waals surface area (Å²) in [5, 5.41) is 12.3. The van der Waals surface area contributed by atoms with E-state index in [9.17, 15) is 9.90 Å². The highest BCUT2D eigenvalue weighted by Crippen LogP contribution is 2.23. The number of amides is 2. The van der Waals surface area contributed by atoms with Crippen LogP contribution >= 0.6 is 0 Å². The van der Waals surface area contributed by atoms with Gasteiger partial charge in [-0.3, -0.25) is 0 Å². The molecule has 3 rings (SSSR count). The monoisotopic (exact) mass is 312 g/mol. The van der Waals surface area contributed by atoms with E-state index in [1.807, 2.05) is 22.9 Å². The lowest BCUT2D eigenvalue weighted by Crippen LogP contribution is -2.43. The van der Waals surface area contributed by atoms with Crippen molar-refractivity contribution >= 4 is 11.6 Å². The molecule has 0 saturated carbocycles. The van der Waals surface area contributed by atoms with Crippen LogP contribution in [0.5, 0.6) is 5.75 Å². The van der Waals surface area contributed by atoms with Crippen LogP contribution in [0.4, 0.5) is 4.79 Å². The van der Waals surface area contributed by atoms with E-state index in [1.165, 1.54) is 5.57 Å². The van der Waals surface area contributed by atoms with E-state index in [4.69, 9.17) is 0 Å². The third-order valence-electron chi connectivity index (χ3n) is 3.94. The average Bonchev–Trinajstić information content (AvgIpc) is 3.09. The van der Waals surface area contributed by atoms with Gasteiger partial charge in [0.25, 0.3) is 0 Å². The van der Waals surface area contributed by atoms with Gasteiger partial charge in [-0.2, -0.15) is 0 Å². The molecule has 6 nitrogen and oxygen atoms in total. The van der Waals surface area contributed by atoms with Gasteiger partial charge in [-0.05, 0) is 29.7 Å². The summed E-state index contributed by atoms with van der Waals surface area (Å²) in [6, 6.07) is 7.15. The van der Waals surface area contributed by atoms with Crippen molar-refractivity contribution in [2.45, 2.75) is 13.0 Å². The number of urea groups is 1. The number of aromatic hydroxyl groups is 1. The molecule has 2 N–H and O–H groups in total. The fraction of sp³-hybridized carbons (Fsp3) is 0.294. The predicted octanol–water partition coefficient (Wildman–Crippen LogP) is 2.09. The topological polar surface area (TPSA) is 70.4 Å². The van der Waals surface area contributed by atoms with Crippen molar-refractivity contribution in [2.24, 2.45) is 0 Å². The first-order chi connectivity index (χ1) is 11.2. The molecule has 1 aromatic heterocycles. The molecule has 120 valence electrons. The number of carbonyl (C=O) groups excluding carboxylic acids is 1. The van der Waals surface area contributed by atoms with Crippen molar-refractivity contribution in [1.29, 1.82) is 0 Å². The number of imidazole rings is 1. The SMILES string of the molecule is O=C(NCCn1ccnc1)N1CC=C(c2ccc(O)cc2)CC1. The van der Waals surface area contributed by atoms with Crippen LogP contribution in [0.3, 0.4) is 0 Å². The lowest BCUT2D eigenvalue weighted by Gasteiger charge is -2.27. The molecular formula is C17H20N4O2. The average molecular weight is 312 g/mol. The molecule has 0 unspecified atom stereocenters. The zero-order valence-corrected chi connectivity index (χ0v) is 12.9. The van der Waals surface area contributed by atoms with Crippen LogP contribution in [0.15, 0.2) is 49.1 Å². The number of hydrogen-bond acceptors (Lipinski definition) is 3. The Balaban J connectivity index is 1.49. The molecule has 0 atom stereocenters. The summed E-state index contributed by atoms with van der Waals surface area (Å²) in [6.07, 6.45) is 8.23. The van der Waals surface area contributed by atoms with Crippen LogP contribution < -0.4 is 5.32 Å². The van der Waals surface area contributed by atoms with Crippen LogP contribution in [0.1, 0.15) is 12.0 Å². The van der Waals surface area contributed by atoms with E-state index in [1.54, 1.807) is 29.6 Å². The van der Waals surface area contributed by atoms with Crippen molar-refractivity contribution in [2.75, 3.05) is 19.6 Å². The van der Waals surface area contributed by atoms with Crippen LogP contribution in [-0.4, -0.2) is 45.2 Å². The Morgan fingerprint density at radius 2 is 2.13 bits per heavy atom. The molecule has 0 aliphatic carbocycles. The Kier molecular flexibility index (Phi) is 4.61. The highest BCUT2D eigenvalue weighted by Gasteiger charge is 2.17. The first-order valence-electron chi connectivity index (χ1n) is 7.69. The Labute approximate surface area is 135 Å². The zero-order chi connectivity index (χ0) is 16.1. The number of nitrogens with one attached hydrogen (secondary N) is 1. The number of phenols is 1. The van der Waals surface area contributed by atoms with Crippen LogP contribution in [0, 0.1) is 0 Å². The highest BCUT2D eigenvalue weighted by molar-refractivity contribution is 5.76. The molecule has 1 aromatic carbocycles. The van der Waals surface area contributed by atoms with Crippen LogP contribution in [-0.2, 0) is 6.54 Å². The van der Waals surface area contributed by atoms with E-state index in [0.717, 1.165) is 12.0 Å². The molecule has 0 bridgehead atoms. The van der Waals surface area contributed by atoms with E-state index >= 15 is 0 Å². The first-order valence-corrected chi connectivity index (χ1v) is 7.69. The highest BCUT2D eigenvalue weighted by atomic mass is 16.3. The van der Waals surface area contributed by atoms with Crippen molar-refractivity contribution < 1.29 is 9.90 Å². The van der Waals surface area contributed by atoms with E-state index < -0.39 is 0 Å². The summed E-state index contributed by atoms with van der Waals surface area (Å²) in [7, 11) is 0. The number of phenolic OH excluding ortho intramolecular Hbond substituents is 1. The predicted molar refractivity (Wildman–Crippen MR) is 87.9 cm³/mol. The smallest absolute Gasteiger partial charge is 0.317 e. The number of carbonyl (C=O) groups is 1. The van der Waals surface area contributed by atoms with Gasteiger partial charge >= 0.3 is 6.03 Å². The summed E-state index contributed by atoms with van der Waals surface area (Å²) in [5.41, 5.74) is 2.32. The molecule has 1 aliphatic heterocycles. The van der Waals surface area contributed by atoms with Gasteiger partial charge in [-0.25, -0.2) is 9.78 Å². The summed E-state index contributed by atoms with van der Waals surface area (Å²) >= 11 is 0. The maximum Gasteiger partial charge on any atom is 0.317 e. The minimum Gasteiger partial charge on any atom is -0.508 e. The third-order valence-corrected chi connectivity index (χ3v) is 3.94. The molecule has 0 radical (unpaired) electrons. The molecule has 6 heteroatoms. The fourth-order valence-electron chi connectivity index (χ4n) is 2.61. The number of benzene rings is 1. The standard InChI is InChI=1S/C17H20N4O2/c22-16-3-1-14(2-4-16)15-5-9-21(10-6-15)17(23)19-8-12-20-11-7-18-13-20/h1-5,7,11,13,22H,6,8-10,12H2,(H,19,23). The maximum absolute atomic E-state index is 12.1. The zero-order valence-electron chi connectivity index (χ0n) is 12.9. The number of rotatable bonds is 4. The van der Waals surface area contributed by atoms with Gasteiger partial charge in [0, 0.05) is 38.6 Å². The second kappa shape index (κ2) is 7.00. The van der Waals surface area contributed by atoms with Crippen LogP contribution in [0.2, 0.25) is 0 Å². The Morgan fingerprint density at radius 1 is 1.30 bits per heavy atom. The number of nitrogens with zero attached hydrogens (tertiary/aromatic N) is 3. The summed E-state index contributed by atoms with van der Waals surface area (Å²) in [5.74, 6) is 0.268. The van der Waals surface area contributed by atoms with Gasteiger partial charge in [0.15, 0.2) is 0 Å². The Hall–Kier alpha value is -2.76. The molecule has 2 aromatic rings. The molecule has 23 heavy (non-hydrogen) atoms. The number of hydrogen-bond donors (Lipinski definition) is 2. The summed E-state index contributed by atoms with van der Waals surface area (Å²) in [6.45, 7) is 2.60. The van der Waals surface area contributed by atoms with Gasteiger partial charge in [0.05, 0.1) is 6.33 Å². The number of aromatic nitrogens is 2. The lowest BCUT2D eigenvalue weighted by molar-refractivity contribution is 0.202. The van der Waals surface area contributed by atoms with E-state index in [0.29, 0.717) is 26.2 Å². The summed E-state index contributed by atoms with van der Waals surface area (Å²) in [4.78, 5) is 17.9. The van der Waals surface area contributed by atoms with Gasteiger partial charge in [-0.15, -0.1) is 0 Å². The van der Waals surface area contributed by atoms with Crippen molar-refractivity contribution in [3.8, 4) is 5.75 Å². The first kappa shape index (κ1) is 15.1. The van der Waals surface area contributed by atoms with Gasteiger partial charge in [-0.1, -0.05) is 18.2 Å². The second-order valence-corrected chi connectivity index (χ2v) is 5.50. The van der Waals surface area contributed by atoms with Gasteiger partial charge in [0.1, 0.15) is 5.75 Å². The molecule has 1 aliphatic rings. The third kappa shape index (κ3) is 3.91. The largest absolute Gasteiger partial charge is 0.508 e. The molecule has 0 spiro atoms. The minimum atomic E-state index is -0.0360. The molecular weight excluding hydrogens is 292 g/mol. The van der Waals surface area contributed by atoms with Crippen molar-refractivity contribution in [3.63, 3.8) is 0 Å². The molecule has 2 amide bonds. The normalized spacial score (nSPS) is 14.4. The van der Waals surface area contributed by atoms with Crippen molar-refractivity contribution in [3.05, 3.63) is 54.6 Å². The Bertz CT molecular complexity index is 677. The Morgan fingerprint density at radius 3 is 2.78 bits per heavy atom. The van der Waals surface area contributed by atoms with Gasteiger partial charge in [0.2, 0.25) is 0 Å². The van der Waals surface area contributed by atoms with Crippen LogP contribution in [0.25, 0.3) is 5.57 Å². The lowest BCUT2D eigenvalue weighted by atomic mass is 9.99.